The number of H-pyrrole nitrogens is 1. The van der Waals surface area contributed by atoms with Crippen molar-refractivity contribution in [2.45, 2.75) is 59.5 Å². The molecule has 3 heterocycles. The fourth-order valence-electron chi connectivity index (χ4n) is 4.87. The van der Waals surface area contributed by atoms with Gasteiger partial charge in [0.2, 0.25) is 5.95 Å². The lowest BCUT2D eigenvalue weighted by Crippen LogP contribution is -2.29. The van der Waals surface area contributed by atoms with Crippen LogP contribution in [-0.2, 0) is 19.4 Å². The first-order valence-corrected chi connectivity index (χ1v) is 12.6. The largest absolute Gasteiger partial charge is 0.369 e. The van der Waals surface area contributed by atoms with Crippen molar-refractivity contribution in [2.75, 3.05) is 30.4 Å². The summed E-state index contributed by atoms with van der Waals surface area (Å²) in [5.74, 6) is 0.458. The molecule has 0 atom stereocenters. The monoisotopic (exact) mass is 488 g/mol. The van der Waals surface area contributed by atoms with E-state index in [0.29, 0.717) is 23.1 Å². The van der Waals surface area contributed by atoms with E-state index >= 15 is 0 Å². The van der Waals surface area contributed by atoms with Crippen LogP contribution in [-0.4, -0.2) is 47.5 Å². The minimum Gasteiger partial charge on any atom is -0.369 e. The number of carbonyl (C=O) groups is 1. The Morgan fingerprint density at radius 1 is 1.17 bits per heavy atom. The molecule has 0 spiro atoms. The predicted octanol–water partition coefficient (Wildman–Crippen LogP) is 3.86. The van der Waals surface area contributed by atoms with Gasteiger partial charge < -0.3 is 20.1 Å². The van der Waals surface area contributed by atoms with Gasteiger partial charge in [0.15, 0.2) is 0 Å². The van der Waals surface area contributed by atoms with Gasteiger partial charge in [-0.3, -0.25) is 9.59 Å². The number of carbonyl (C=O) groups excluding carboxylic acids is 1. The minimum atomic E-state index is -0.174. The van der Waals surface area contributed by atoms with Gasteiger partial charge in [0, 0.05) is 73.7 Å². The summed E-state index contributed by atoms with van der Waals surface area (Å²) in [6.07, 6.45) is 6.12. The van der Waals surface area contributed by atoms with Gasteiger partial charge in [0.1, 0.15) is 0 Å². The number of fused-ring (bicyclic) bond motifs is 1. The van der Waals surface area contributed by atoms with Crippen molar-refractivity contribution in [1.29, 1.82) is 0 Å². The predicted molar refractivity (Wildman–Crippen MR) is 145 cm³/mol. The van der Waals surface area contributed by atoms with Crippen LogP contribution in [0.5, 0.6) is 0 Å². The number of anilines is 2. The fourth-order valence-corrected chi connectivity index (χ4v) is 4.87. The zero-order valence-corrected chi connectivity index (χ0v) is 22.1. The second-order valence-corrected chi connectivity index (χ2v) is 9.94. The van der Waals surface area contributed by atoms with E-state index in [2.05, 4.69) is 52.0 Å². The molecule has 3 aromatic rings. The lowest BCUT2D eigenvalue weighted by atomic mass is 9.97. The van der Waals surface area contributed by atoms with Crippen LogP contribution in [0.3, 0.4) is 0 Å². The number of aryl methyl sites for hydroxylation is 2. The van der Waals surface area contributed by atoms with Crippen LogP contribution >= 0.6 is 0 Å². The number of pyridine rings is 1. The average Bonchev–Trinajstić information content (AvgIpc) is 3.27. The van der Waals surface area contributed by atoms with Gasteiger partial charge in [-0.25, -0.2) is 9.97 Å². The molecule has 0 unspecified atom stereocenters. The molecule has 4 rings (SSSR count). The van der Waals surface area contributed by atoms with Gasteiger partial charge in [-0.1, -0.05) is 13.3 Å². The number of hydrogen-bond acceptors (Lipinski definition) is 6. The van der Waals surface area contributed by atoms with Gasteiger partial charge in [-0.2, -0.15) is 0 Å². The van der Waals surface area contributed by atoms with Gasteiger partial charge in [0.05, 0.1) is 0 Å². The molecule has 190 valence electrons. The third-order valence-corrected chi connectivity index (χ3v) is 6.69. The van der Waals surface area contributed by atoms with Crippen molar-refractivity contribution in [3.63, 3.8) is 0 Å². The zero-order valence-electron chi connectivity index (χ0n) is 22.1. The third-order valence-electron chi connectivity index (χ3n) is 6.69. The van der Waals surface area contributed by atoms with Gasteiger partial charge in [-0.15, -0.1) is 0 Å². The molecule has 1 amide bonds. The minimum absolute atomic E-state index is 0.137. The molecule has 1 aliphatic heterocycles. The van der Waals surface area contributed by atoms with Crippen molar-refractivity contribution >= 4 is 17.5 Å². The molecule has 2 aromatic heterocycles. The number of aromatic amines is 1. The van der Waals surface area contributed by atoms with Crippen molar-refractivity contribution in [2.24, 2.45) is 0 Å². The zero-order chi connectivity index (χ0) is 26.0. The Morgan fingerprint density at radius 3 is 2.53 bits per heavy atom. The normalized spacial score (nSPS) is 12.7. The molecule has 0 aliphatic carbocycles. The molecule has 0 radical (unpaired) electrons. The second kappa shape index (κ2) is 10.5. The first-order valence-electron chi connectivity index (χ1n) is 12.6. The Bertz CT molecular complexity index is 1310. The topological polar surface area (TPSA) is 94.2 Å². The number of hydrogen-bond donors (Lipinski definition) is 2. The van der Waals surface area contributed by atoms with Crippen LogP contribution in [0.1, 0.15) is 59.9 Å². The highest BCUT2D eigenvalue weighted by Crippen LogP contribution is 2.37. The Labute approximate surface area is 212 Å². The SMILES string of the molecule is CCCc1cc(C)[nH]c(=O)c1CNC(=O)c1cc(-c2cnc(N(C)C)nc2)cc2c1CCN2C(C)C. The van der Waals surface area contributed by atoms with E-state index in [0.717, 1.165) is 59.4 Å². The average molecular weight is 489 g/mol. The van der Waals surface area contributed by atoms with Crippen LogP contribution < -0.4 is 20.7 Å². The summed E-state index contributed by atoms with van der Waals surface area (Å²) in [5, 5.41) is 3.04. The number of aromatic nitrogens is 3. The molecule has 8 heteroatoms. The van der Waals surface area contributed by atoms with Crippen LogP contribution in [0.2, 0.25) is 0 Å². The first-order chi connectivity index (χ1) is 17.2. The van der Waals surface area contributed by atoms with E-state index in [4.69, 9.17) is 0 Å². The number of rotatable bonds is 8. The van der Waals surface area contributed by atoms with Crippen molar-refractivity contribution < 1.29 is 4.79 Å². The molecule has 0 bridgehead atoms. The highest BCUT2D eigenvalue weighted by atomic mass is 16.1. The van der Waals surface area contributed by atoms with Crippen LogP contribution in [0, 0.1) is 6.92 Å². The summed E-state index contributed by atoms with van der Waals surface area (Å²) >= 11 is 0. The quantitative estimate of drug-likeness (QED) is 0.500. The maximum absolute atomic E-state index is 13.5. The van der Waals surface area contributed by atoms with Gasteiger partial charge in [-0.05, 0) is 68.5 Å². The maximum atomic E-state index is 13.5. The fraction of sp³-hybridized carbons (Fsp3) is 0.429. The molecular weight excluding hydrogens is 452 g/mol. The first kappa shape index (κ1) is 25.4. The highest BCUT2D eigenvalue weighted by Gasteiger charge is 2.27. The number of amides is 1. The Morgan fingerprint density at radius 2 is 1.89 bits per heavy atom. The van der Waals surface area contributed by atoms with Gasteiger partial charge >= 0.3 is 0 Å². The lowest BCUT2D eigenvalue weighted by molar-refractivity contribution is 0.0950. The van der Waals surface area contributed by atoms with Crippen molar-refractivity contribution in [1.82, 2.24) is 20.3 Å². The maximum Gasteiger partial charge on any atom is 0.253 e. The Balaban J connectivity index is 1.70. The molecular formula is C28H36N6O2. The molecule has 1 aliphatic rings. The summed E-state index contributed by atoms with van der Waals surface area (Å²) in [7, 11) is 3.80. The Hall–Kier alpha value is -3.68. The molecule has 8 nitrogen and oxygen atoms in total. The van der Waals surface area contributed by atoms with Crippen LogP contribution in [0.25, 0.3) is 11.1 Å². The molecule has 1 aromatic carbocycles. The number of nitrogens with zero attached hydrogens (tertiary/aromatic N) is 4. The smallest absolute Gasteiger partial charge is 0.253 e. The summed E-state index contributed by atoms with van der Waals surface area (Å²) in [4.78, 5) is 42.2. The van der Waals surface area contributed by atoms with E-state index in [1.165, 1.54) is 0 Å². The van der Waals surface area contributed by atoms with Crippen LogP contribution in [0.15, 0.2) is 35.4 Å². The van der Waals surface area contributed by atoms with E-state index in [1.807, 2.05) is 38.1 Å². The second-order valence-electron chi connectivity index (χ2n) is 9.94. The van der Waals surface area contributed by atoms with Crippen LogP contribution in [0.4, 0.5) is 11.6 Å². The molecule has 2 N–H and O–H groups in total. The molecule has 36 heavy (non-hydrogen) atoms. The highest BCUT2D eigenvalue weighted by molar-refractivity contribution is 5.99. The summed E-state index contributed by atoms with van der Waals surface area (Å²) < 4.78 is 0. The summed E-state index contributed by atoms with van der Waals surface area (Å²) in [5.41, 5.74) is 6.82. The van der Waals surface area contributed by atoms with Crippen molar-refractivity contribution in [3.05, 3.63) is 68.9 Å². The molecule has 0 saturated carbocycles. The third kappa shape index (κ3) is 5.12. The van der Waals surface area contributed by atoms with Gasteiger partial charge in [0.25, 0.3) is 11.5 Å². The summed E-state index contributed by atoms with van der Waals surface area (Å²) in [6.45, 7) is 9.35. The van der Waals surface area contributed by atoms with E-state index in [1.54, 1.807) is 12.4 Å². The molecule has 0 fully saturated rings. The van der Waals surface area contributed by atoms with E-state index in [-0.39, 0.29) is 18.0 Å². The Kier molecular flexibility index (Phi) is 7.43. The number of benzene rings is 1. The standard InChI is InChI=1S/C28H36N6O2/c1-7-8-19-11-18(4)32-27(36)24(19)16-29-26(35)23-12-20(21-14-30-28(31-15-21)33(5)6)13-25-22(23)9-10-34(25)17(2)3/h11-15,17H,7-10,16H2,1-6H3,(H,29,35)(H,32,36). The lowest BCUT2D eigenvalue weighted by Gasteiger charge is -2.25. The van der Waals surface area contributed by atoms with E-state index in [9.17, 15) is 9.59 Å². The van der Waals surface area contributed by atoms with Crippen molar-refractivity contribution in [3.8, 4) is 11.1 Å². The van der Waals surface area contributed by atoms with E-state index < -0.39 is 0 Å². The summed E-state index contributed by atoms with van der Waals surface area (Å²) in [6, 6.07) is 6.38. The number of nitrogens with one attached hydrogen (secondary N) is 2. The molecule has 0 saturated heterocycles.